The zero-order valence-electron chi connectivity index (χ0n) is 15.8. The molecule has 0 N–H and O–H groups in total. The number of hydrogen-bond acceptors (Lipinski definition) is 4. The molecular formula is C18H24F3N3O2S. The van der Waals surface area contributed by atoms with E-state index >= 15 is 0 Å². The van der Waals surface area contributed by atoms with Gasteiger partial charge in [0.25, 0.3) is 0 Å². The van der Waals surface area contributed by atoms with E-state index in [1.165, 1.54) is 6.26 Å². The molecule has 150 valence electrons. The van der Waals surface area contributed by atoms with Gasteiger partial charge in [-0.3, -0.25) is 4.79 Å². The number of imidazole rings is 1. The van der Waals surface area contributed by atoms with Crippen molar-refractivity contribution in [2.75, 3.05) is 12.3 Å². The van der Waals surface area contributed by atoms with Gasteiger partial charge in [0.05, 0.1) is 24.3 Å². The molecule has 2 aromatic heterocycles. The Morgan fingerprint density at radius 2 is 2.07 bits per heavy atom. The first-order chi connectivity index (χ1) is 12.6. The van der Waals surface area contributed by atoms with E-state index in [-0.39, 0.29) is 12.3 Å². The Bertz CT molecular complexity index is 755. The normalized spacial score (nSPS) is 12.0. The number of aryl methyl sites for hydroxylation is 1. The second kappa shape index (κ2) is 8.86. The van der Waals surface area contributed by atoms with E-state index in [4.69, 9.17) is 4.42 Å². The van der Waals surface area contributed by atoms with Gasteiger partial charge in [-0.05, 0) is 31.9 Å². The van der Waals surface area contributed by atoms with Crippen LogP contribution in [-0.2, 0) is 17.9 Å². The van der Waals surface area contributed by atoms with Crippen LogP contribution in [-0.4, -0.2) is 38.8 Å². The second-order valence-corrected chi connectivity index (χ2v) is 7.75. The molecule has 0 aromatic carbocycles. The van der Waals surface area contributed by atoms with Crippen LogP contribution in [0.4, 0.5) is 13.2 Å². The van der Waals surface area contributed by atoms with Gasteiger partial charge in [0.2, 0.25) is 5.91 Å². The fourth-order valence-electron chi connectivity index (χ4n) is 2.57. The van der Waals surface area contributed by atoms with E-state index in [9.17, 15) is 18.0 Å². The number of alkyl halides is 3. The predicted molar refractivity (Wildman–Crippen MR) is 97.4 cm³/mol. The van der Waals surface area contributed by atoms with E-state index in [1.54, 1.807) is 12.1 Å². The van der Waals surface area contributed by atoms with E-state index in [0.717, 1.165) is 34.6 Å². The van der Waals surface area contributed by atoms with Crippen LogP contribution in [0.1, 0.15) is 31.0 Å². The average molecular weight is 403 g/mol. The number of carbonyl (C=O) groups excluding carboxylic acids is 1. The van der Waals surface area contributed by atoms with Crippen molar-refractivity contribution in [3.05, 3.63) is 35.5 Å². The van der Waals surface area contributed by atoms with Crippen LogP contribution in [0, 0.1) is 19.8 Å². The third-order valence-corrected chi connectivity index (χ3v) is 4.91. The lowest BCUT2D eigenvalue weighted by Crippen LogP contribution is -2.39. The molecule has 0 fully saturated rings. The lowest BCUT2D eigenvalue weighted by Gasteiger charge is -2.23. The number of thioether (sulfide) groups is 1. The van der Waals surface area contributed by atoms with Crippen LogP contribution in [0.2, 0.25) is 0 Å². The van der Waals surface area contributed by atoms with E-state index in [0.29, 0.717) is 16.8 Å². The third kappa shape index (κ3) is 6.34. The number of furan rings is 1. The number of rotatable bonds is 8. The van der Waals surface area contributed by atoms with Crippen molar-refractivity contribution in [3.8, 4) is 0 Å². The molecule has 0 aliphatic carbocycles. The van der Waals surface area contributed by atoms with E-state index in [2.05, 4.69) is 18.8 Å². The molecule has 0 radical (unpaired) electrons. The first kappa shape index (κ1) is 21.4. The minimum atomic E-state index is -4.48. The highest BCUT2D eigenvalue weighted by molar-refractivity contribution is 7.99. The van der Waals surface area contributed by atoms with Gasteiger partial charge in [-0.15, -0.1) is 0 Å². The molecule has 0 bridgehead atoms. The molecule has 27 heavy (non-hydrogen) atoms. The molecule has 2 rings (SSSR count). The smallest absolute Gasteiger partial charge is 0.406 e. The summed E-state index contributed by atoms with van der Waals surface area (Å²) in [6.45, 7) is 7.18. The summed E-state index contributed by atoms with van der Waals surface area (Å²) in [6, 6.07) is 3.13. The summed E-state index contributed by atoms with van der Waals surface area (Å²) in [6.07, 6.45) is -3.11. The minimum Gasteiger partial charge on any atom is -0.467 e. The summed E-state index contributed by atoms with van der Waals surface area (Å²) in [5, 5.41) is 0.650. The maximum atomic E-state index is 12.9. The topological polar surface area (TPSA) is 51.3 Å². The highest BCUT2D eigenvalue weighted by Gasteiger charge is 2.33. The SMILES string of the molecule is Cc1nc(SCC(=O)N(Cc2ccco2)CC(F)(F)F)n(CC(C)C)c1C. The number of nitrogens with zero attached hydrogens (tertiary/aromatic N) is 3. The third-order valence-electron chi connectivity index (χ3n) is 3.94. The molecule has 2 aromatic rings. The molecule has 0 saturated heterocycles. The van der Waals surface area contributed by atoms with Crippen molar-refractivity contribution >= 4 is 17.7 Å². The van der Waals surface area contributed by atoms with Gasteiger partial charge in [-0.1, -0.05) is 25.6 Å². The van der Waals surface area contributed by atoms with E-state index in [1.807, 2.05) is 18.4 Å². The first-order valence-corrected chi connectivity index (χ1v) is 9.58. The fraction of sp³-hybridized carbons (Fsp3) is 0.556. The van der Waals surface area contributed by atoms with Gasteiger partial charge in [-0.25, -0.2) is 4.98 Å². The van der Waals surface area contributed by atoms with Crippen LogP contribution in [0.15, 0.2) is 28.0 Å². The molecular weight excluding hydrogens is 379 g/mol. The summed E-state index contributed by atoms with van der Waals surface area (Å²) in [7, 11) is 0. The number of hydrogen-bond donors (Lipinski definition) is 0. The molecule has 2 heterocycles. The van der Waals surface area contributed by atoms with Gasteiger partial charge >= 0.3 is 6.18 Å². The second-order valence-electron chi connectivity index (χ2n) is 6.80. The largest absolute Gasteiger partial charge is 0.467 e. The summed E-state index contributed by atoms with van der Waals surface area (Å²) >= 11 is 1.16. The number of aromatic nitrogens is 2. The zero-order valence-corrected chi connectivity index (χ0v) is 16.7. The molecule has 0 aliphatic heterocycles. The monoisotopic (exact) mass is 403 g/mol. The molecule has 5 nitrogen and oxygen atoms in total. The number of amides is 1. The molecule has 0 atom stereocenters. The van der Waals surface area contributed by atoms with Crippen molar-refractivity contribution in [2.24, 2.45) is 5.92 Å². The molecule has 1 amide bonds. The Morgan fingerprint density at radius 1 is 1.37 bits per heavy atom. The van der Waals surface area contributed by atoms with Crippen LogP contribution in [0.3, 0.4) is 0 Å². The number of halogens is 3. The molecule has 9 heteroatoms. The molecule has 0 saturated carbocycles. The van der Waals surface area contributed by atoms with Crippen molar-refractivity contribution in [3.63, 3.8) is 0 Å². The lowest BCUT2D eigenvalue weighted by molar-refractivity contribution is -0.161. The maximum Gasteiger partial charge on any atom is 0.406 e. The lowest BCUT2D eigenvalue weighted by atomic mass is 10.2. The standard InChI is InChI=1S/C18H24F3N3O2S/c1-12(2)8-24-14(4)13(3)22-17(24)27-10-16(25)23(11-18(19,20)21)9-15-6-5-7-26-15/h5-7,12H,8-11H2,1-4H3. The average Bonchev–Trinajstić information content (AvgIpc) is 3.14. The summed E-state index contributed by atoms with van der Waals surface area (Å²) in [4.78, 5) is 17.7. The molecule has 0 unspecified atom stereocenters. The maximum absolute atomic E-state index is 12.9. The van der Waals surface area contributed by atoms with Gasteiger partial charge in [0, 0.05) is 12.2 Å². The van der Waals surface area contributed by atoms with Crippen molar-refractivity contribution in [2.45, 2.75) is 52.1 Å². The Hall–Kier alpha value is -1.90. The van der Waals surface area contributed by atoms with Gasteiger partial charge < -0.3 is 13.9 Å². The van der Waals surface area contributed by atoms with Crippen LogP contribution in [0.25, 0.3) is 0 Å². The Kier molecular flexibility index (Phi) is 7.02. The minimum absolute atomic E-state index is 0.120. The fourth-order valence-corrected chi connectivity index (χ4v) is 3.57. The summed E-state index contributed by atoms with van der Waals surface area (Å²) in [5.74, 6) is -0.0353. The highest BCUT2D eigenvalue weighted by Crippen LogP contribution is 2.24. The Labute approximate surface area is 160 Å². The van der Waals surface area contributed by atoms with Gasteiger partial charge in [0.15, 0.2) is 5.16 Å². The van der Waals surface area contributed by atoms with Gasteiger partial charge in [0.1, 0.15) is 12.3 Å². The first-order valence-electron chi connectivity index (χ1n) is 8.60. The quantitative estimate of drug-likeness (QED) is 0.612. The van der Waals surface area contributed by atoms with Gasteiger partial charge in [-0.2, -0.15) is 13.2 Å². The van der Waals surface area contributed by atoms with Crippen molar-refractivity contribution in [1.29, 1.82) is 0 Å². The molecule has 0 spiro atoms. The van der Waals surface area contributed by atoms with Crippen LogP contribution < -0.4 is 0 Å². The van der Waals surface area contributed by atoms with E-state index < -0.39 is 18.6 Å². The van der Waals surface area contributed by atoms with Crippen molar-refractivity contribution in [1.82, 2.24) is 14.5 Å². The Morgan fingerprint density at radius 3 is 2.63 bits per heavy atom. The van der Waals surface area contributed by atoms with Crippen molar-refractivity contribution < 1.29 is 22.4 Å². The predicted octanol–water partition coefficient (Wildman–Crippen LogP) is 4.43. The van der Waals surface area contributed by atoms with Crippen LogP contribution >= 0.6 is 11.8 Å². The highest BCUT2D eigenvalue weighted by atomic mass is 32.2. The Balaban J connectivity index is 2.10. The molecule has 0 aliphatic rings. The summed E-state index contributed by atoms with van der Waals surface area (Å²) in [5.41, 5.74) is 1.86. The van der Waals surface area contributed by atoms with Crippen LogP contribution in [0.5, 0.6) is 0 Å². The number of carbonyl (C=O) groups is 1. The zero-order chi connectivity index (χ0) is 20.2. The summed E-state index contributed by atoms with van der Waals surface area (Å²) < 4.78 is 45.7.